The number of rotatable bonds is 8. The molecule has 1 aliphatic heterocycles. The molecule has 0 amide bonds. The Balaban J connectivity index is 1.64. The molecule has 0 spiro atoms. The second-order valence-corrected chi connectivity index (χ2v) is 9.31. The van der Waals surface area contributed by atoms with Crippen LogP contribution in [0.15, 0.2) is 78.9 Å². The van der Waals surface area contributed by atoms with Gasteiger partial charge >= 0.3 is 6.36 Å². The number of benzene rings is 3. The van der Waals surface area contributed by atoms with Crippen molar-refractivity contribution in [3.8, 4) is 5.75 Å². The predicted octanol–water partition coefficient (Wildman–Crippen LogP) is 6.56. The number of piperazine rings is 1. The van der Waals surface area contributed by atoms with Crippen LogP contribution in [0.25, 0.3) is 0 Å². The monoisotopic (exact) mass is 483 g/mol. The third-order valence-corrected chi connectivity index (χ3v) is 6.12. The summed E-state index contributed by atoms with van der Waals surface area (Å²) in [5, 5.41) is 3.36. The number of hydrogen-bond acceptors (Lipinski definition) is 4. The first-order valence-corrected chi connectivity index (χ1v) is 12.0. The molecular formula is C28H32F3N3O. The van der Waals surface area contributed by atoms with E-state index in [0.717, 1.165) is 49.5 Å². The van der Waals surface area contributed by atoms with E-state index in [1.54, 1.807) is 12.1 Å². The minimum absolute atomic E-state index is 0.239. The summed E-state index contributed by atoms with van der Waals surface area (Å²) in [5.74, 6) is 0.362. The lowest BCUT2D eigenvalue weighted by atomic mass is 9.98. The SMILES string of the molecule is CC(C)CN1CCN(c2ccc(OC(F)(F)F)c(NC(c3ccccc3)c3ccccc3)c2)CC1. The molecule has 0 unspecified atom stereocenters. The van der Waals surface area contributed by atoms with Crippen molar-refractivity contribution >= 4 is 11.4 Å². The smallest absolute Gasteiger partial charge is 0.404 e. The fraction of sp³-hybridized carbons (Fsp3) is 0.357. The molecule has 0 radical (unpaired) electrons. The molecule has 4 nitrogen and oxygen atoms in total. The van der Waals surface area contributed by atoms with Gasteiger partial charge in [-0.3, -0.25) is 4.90 Å². The van der Waals surface area contributed by atoms with Crippen molar-refractivity contribution in [3.05, 3.63) is 90.0 Å². The normalized spacial score (nSPS) is 15.0. The average molecular weight is 484 g/mol. The summed E-state index contributed by atoms with van der Waals surface area (Å²) >= 11 is 0. The Bertz CT molecular complexity index is 1030. The molecule has 0 aromatic heterocycles. The van der Waals surface area contributed by atoms with E-state index in [2.05, 4.69) is 33.7 Å². The van der Waals surface area contributed by atoms with E-state index in [1.165, 1.54) is 6.07 Å². The Kier molecular flexibility index (Phi) is 7.86. The zero-order chi connectivity index (χ0) is 24.8. The number of nitrogens with one attached hydrogen (secondary N) is 1. The fourth-order valence-electron chi connectivity index (χ4n) is 4.55. The van der Waals surface area contributed by atoms with Gasteiger partial charge in [0, 0.05) is 38.4 Å². The molecule has 0 bridgehead atoms. The van der Waals surface area contributed by atoms with Crippen LogP contribution in [0.4, 0.5) is 24.5 Å². The molecule has 0 atom stereocenters. The fourth-order valence-corrected chi connectivity index (χ4v) is 4.55. The first kappa shape index (κ1) is 24.9. The predicted molar refractivity (Wildman–Crippen MR) is 135 cm³/mol. The van der Waals surface area contributed by atoms with Gasteiger partial charge in [-0.1, -0.05) is 74.5 Å². The molecule has 186 valence electrons. The van der Waals surface area contributed by atoms with Crippen molar-refractivity contribution in [2.45, 2.75) is 26.3 Å². The number of hydrogen-bond donors (Lipinski definition) is 1. The molecule has 1 heterocycles. The van der Waals surface area contributed by atoms with Crippen LogP contribution in [0.2, 0.25) is 0 Å². The summed E-state index contributed by atoms with van der Waals surface area (Å²) in [6.45, 7) is 8.98. The molecule has 35 heavy (non-hydrogen) atoms. The quantitative estimate of drug-likeness (QED) is 0.392. The van der Waals surface area contributed by atoms with Gasteiger partial charge in [0.1, 0.15) is 0 Å². The maximum absolute atomic E-state index is 13.2. The highest BCUT2D eigenvalue weighted by Crippen LogP contribution is 2.37. The second-order valence-electron chi connectivity index (χ2n) is 9.31. The van der Waals surface area contributed by atoms with Gasteiger partial charge in [-0.2, -0.15) is 0 Å². The van der Waals surface area contributed by atoms with Crippen LogP contribution in [0.1, 0.15) is 31.0 Å². The summed E-state index contributed by atoms with van der Waals surface area (Å²) in [7, 11) is 0. The van der Waals surface area contributed by atoms with E-state index in [0.29, 0.717) is 11.6 Å². The highest BCUT2D eigenvalue weighted by atomic mass is 19.4. The minimum Gasteiger partial charge on any atom is -0.404 e. The molecule has 0 aliphatic carbocycles. The van der Waals surface area contributed by atoms with Crippen LogP contribution in [0.5, 0.6) is 5.75 Å². The van der Waals surface area contributed by atoms with Crippen molar-refractivity contribution in [1.29, 1.82) is 0 Å². The largest absolute Gasteiger partial charge is 0.573 e. The van der Waals surface area contributed by atoms with Crippen molar-refractivity contribution < 1.29 is 17.9 Å². The van der Waals surface area contributed by atoms with Gasteiger partial charge in [0.15, 0.2) is 5.75 Å². The van der Waals surface area contributed by atoms with Gasteiger partial charge < -0.3 is 15.0 Å². The first-order valence-electron chi connectivity index (χ1n) is 12.0. The summed E-state index contributed by atoms with van der Waals surface area (Å²) in [6.07, 6.45) is -4.78. The Labute approximate surface area is 205 Å². The van der Waals surface area contributed by atoms with E-state index < -0.39 is 6.36 Å². The summed E-state index contributed by atoms with van der Waals surface area (Å²) in [6, 6.07) is 24.0. The Morgan fingerprint density at radius 2 is 1.40 bits per heavy atom. The lowest BCUT2D eigenvalue weighted by Gasteiger charge is -2.37. The molecule has 3 aromatic carbocycles. The second kappa shape index (κ2) is 11.0. The molecule has 1 saturated heterocycles. The minimum atomic E-state index is -4.78. The molecule has 0 saturated carbocycles. The lowest BCUT2D eigenvalue weighted by molar-refractivity contribution is -0.274. The van der Waals surface area contributed by atoms with Crippen molar-refractivity contribution in [2.75, 3.05) is 42.9 Å². The van der Waals surface area contributed by atoms with Crippen molar-refractivity contribution in [2.24, 2.45) is 5.92 Å². The van der Waals surface area contributed by atoms with Gasteiger partial charge in [-0.05, 0) is 35.2 Å². The molecule has 4 rings (SSSR count). The maximum Gasteiger partial charge on any atom is 0.573 e. The number of anilines is 2. The van der Waals surface area contributed by atoms with Crippen molar-refractivity contribution in [1.82, 2.24) is 4.90 Å². The van der Waals surface area contributed by atoms with Gasteiger partial charge in [0.2, 0.25) is 0 Å². The summed E-state index contributed by atoms with van der Waals surface area (Å²) < 4.78 is 44.1. The van der Waals surface area contributed by atoms with Gasteiger partial charge in [0.05, 0.1) is 11.7 Å². The van der Waals surface area contributed by atoms with Crippen LogP contribution >= 0.6 is 0 Å². The van der Waals surface area contributed by atoms with Crippen molar-refractivity contribution in [3.63, 3.8) is 0 Å². The number of nitrogens with zero attached hydrogens (tertiary/aromatic N) is 2. The van der Waals surface area contributed by atoms with Crippen LogP contribution in [0.3, 0.4) is 0 Å². The van der Waals surface area contributed by atoms with Crippen LogP contribution in [-0.2, 0) is 0 Å². The summed E-state index contributed by atoms with van der Waals surface area (Å²) in [4.78, 5) is 4.65. The third kappa shape index (κ3) is 6.92. The lowest BCUT2D eigenvalue weighted by Crippen LogP contribution is -2.47. The van der Waals surface area contributed by atoms with Crippen LogP contribution in [-0.4, -0.2) is 44.0 Å². The molecule has 1 N–H and O–H groups in total. The number of halogens is 3. The Hall–Kier alpha value is -3.19. The van der Waals surface area contributed by atoms with E-state index >= 15 is 0 Å². The number of alkyl halides is 3. The Morgan fingerprint density at radius 3 is 1.91 bits per heavy atom. The molecule has 1 aliphatic rings. The average Bonchev–Trinajstić information content (AvgIpc) is 2.84. The highest BCUT2D eigenvalue weighted by Gasteiger charge is 2.33. The zero-order valence-corrected chi connectivity index (χ0v) is 20.1. The molecule has 3 aromatic rings. The van der Waals surface area contributed by atoms with E-state index in [9.17, 15) is 13.2 Å². The van der Waals surface area contributed by atoms with E-state index in [-0.39, 0.29) is 11.8 Å². The van der Waals surface area contributed by atoms with Gasteiger partial charge in [-0.15, -0.1) is 13.2 Å². The zero-order valence-electron chi connectivity index (χ0n) is 20.1. The standard InChI is InChI=1S/C28H32F3N3O/c1-21(2)20-33-15-17-34(18-16-33)24-13-14-26(35-28(29,30)31)25(19-24)32-27(22-9-5-3-6-10-22)23-11-7-4-8-12-23/h3-14,19,21,27,32H,15-18,20H2,1-2H3. The molecule has 7 heteroatoms. The van der Waals surface area contributed by atoms with E-state index in [1.807, 2.05) is 60.7 Å². The topological polar surface area (TPSA) is 27.7 Å². The van der Waals surface area contributed by atoms with E-state index in [4.69, 9.17) is 0 Å². The third-order valence-electron chi connectivity index (χ3n) is 6.12. The van der Waals surface area contributed by atoms with Crippen LogP contribution < -0.4 is 15.0 Å². The van der Waals surface area contributed by atoms with Gasteiger partial charge in [0.25, 0.3) is 0 Å². The maximum atomic E-state index is 13.2. The van der Waals surface area contributed by atoms with Crippen LogP contribution in [0, 0.1) is 5.92 Å². The first-order chi connectivity index (χ1) is 16.8. The Morgan fingerprint density at radius 1 is 0.829 bits per heavy atom. The summed E-state index contributed by atoms with van der Waals surface area (Å²) in [5.41, 5.74) is 3.09. The number of ether oxygens (including phenoxy) is 1. The molecular weight excluding hydrogens is 451 g/mol. The molecule has 1 fully saturated rings. The highest BCUT2D eigenvalue weighted by molar-refractivity contribution is 5.67. The van der Waals surface area contributed by atoms with Gasteiger partial charge in [-0.25, -0.2) is 0 Å².